The Morgan fingerprint density at radius 1 is 1.44 bits per heavy atom. The number of carbonyl (C=O) groups excluding carboxylic acids is 1. The van der Waals surface area contributed by atoms with Crippen LogP contribution in [0.4, 0.5) is 0 Å². The minimum Gasteiger partial charge on any atom is -0.388 e. The second kappa shape index (κ2) is 5.59. The monoisotopic (exact) mass is 331 g/mol. The standard InChI is InChI=1S/C13H15BrClNO2/c14-9-3-4-10(11(15)7-9)12(17)16-8-13(18)5-1-2-6-13/h3-4,7,18H,1-2,5-6,8H2,(H,16,17). The molecule has 3 nitrogen and oxygen atoms in total. The average molecular weight is 333 g/mol. The van der Waals surface area contributed by atoms with E-state index in [4.69, 9.17) is 11.6 Å². The third kappa shape index (κ3) is 3.25. The van der Waals surface area contributed by atoms with Gasteiger partial charge in [0.25, 0.3) is 5.91 Å². The number of rotatable bonds is 3. The smallest absolute Gasteiger partial charge is 0.252 e. The first-order valence-corrected chi connectivity index (χ1v) is 7.13. The first-order chi connectivity index (χ1) is 8.50. The third-order valence-corrected chi connectivity index (χ3v) is 4.09. The van der Waals surface area contributed by atoms with Gasteiger partial charge in [0.15, 0.2) is 0 Å². The molecule has 0 radical (unpaired) electrons. The molecule has 1 aromatic rings. The summed E-state index contributed by atoms with van der Waals surface area (Å²) in [7, 11) is 0. The molecule has 1 aromatic carbocycles. The van der Waals surface area contributed by atoms with Crippen molar-refractivity contribution >= 4 is 33.4 Å². The fraction of sp³-hybridized carbons (Fsp3) is 0.462. The Morgan fingerprint density at radius 3 is 2.72 bits per heavy atom. The predicted molar refractivity (Wildman–Crippen MR) is 74.9 cm³/mol. The Morgan fingerprint density at radius 2 is 2.11 bits per heavy atom. The van der Waals surface area contributed by atoms with E-state index in [1.165, 1.54) is 0 Å². The highest BCUT2D eigenvalue weighted by atomic mass is 79.9. The molecule has 1 fully saturated rings. The molecule has 0 spiro atoms. The van der Waals surface area contributed by atoms with E-state index in [1.807, 2.05) is 0 Å². The van der Waals surface area contributed by atoms with Gasteiger partial charge in [-0.2, -0.15) is 0 Å². The van der Waals surface area contributed by atoms with Gasteiger partial charge in [-0.1, -0.05) is 40.4 Å². The van der Waals surface area contributed by atoms with Gasteiger partial charge in [-0.15, -0.1) is 0 Å². The highest BCUT2D eigenvalue weighted by molar-refractivity contribution is 9.10. The summed E-state index contributed by atoms with van der Waals surface area (Å²) < 4.78 is 0.832. The van der Waals surface area contributed by atoms with E-state index < -0.39 is 5.60 Å². The van der Waals surface area contributed by atoms with E-state index in [9.17, 15) is 9.90 Å². The highest BCUT2D eigenvalue weighted by Gasteiger charge is 2.31. The minimum absolute atomic E-state index is 0.243. The fourth-order valence-corrected chi connectivity index (χ4v) is 2.98. The second-order valence-electron chi connectivity index (χ2n) is 4.74. The van der Waals surface area contributed by atoms with Crippen molar-refractivity contribution in [1.29, 1.82) is 0 Å². The van der Waals surface area contributed by atoms with Crippen LogP contribution >= 0.6 is 27.5 Å². The van der Waals surface area contributed by atoms with Crippen LogP contribution in [0.15, 0.2) is 22.7 Å². The first-order valence-electron chi connectivity index (χ1n) is 5.96. The second-order valence-corrected chi connectivity index (χ2v) is 6.06. The molecule has 18 heavy (non-hydrogen) atoms. The third-order valence-electron chi connectivity index (χ3n) is 3.29. The van der Waals surface area contributed by atoms with Gasteiger partial charge in [-0.25, -0.2) is 0 Å². The van der Waals surface area contributed by atoms with Gasteiger partial charge < -0.3 is 10.4 Å². The maximum atomic E-state index is 12.0. The lowest BCUT2D eigenvalue weighted by Gasteiger charge is -2.22. The molecule has 1 saturated carbocycles. The van der Waals surface area contributed by atoms with Crippen LogP contribution in [0.2, 0.25) is 5.02 Å². The van der Waals surface area contributed by atoms with Crippen LogP contribution < -0.4 is 5.32 Å². The fourth-order valence-electron chi connectivity index (χ4n) is 2.22. The summed E-state index contributed by atoms with van der Waals surface area (Å²) in [6.07, 6.45) is 3.54. The molecule has 1 amide bonds. The van der Waals surface area contributed by atoms with E-state index in [2.05, 4.69) is 21.2 Å². The molecule has 0 aliphatic heterocycles. The van der Waals surface area contributed by atoms with Crippen molar-refractivity contribution in [3.8, 4) is 0 Å². The number of nitrogens with one attached hydrogen (secondary N) is 1. The minimum atomic E-state index is -0.739. The van der Waals surface area contributed by atoms with Crippen molar-refractivity contribution in [2.45, 2.75) is 31.3 Å². The van der Waals surface area contributed by atoms with Gasteiger partial charge in [0.2, 0.25) is 0 Å². The summed E-state index contributed by atoms with van der Waals surface area (Å²) >= 11 is 9.29. The summed E-state index contributed by atoms with van der Waals surface area (Å²) in [5.41, 5.74) is -0.307. The lowest BCUT2D eigenvalue weighted by molar-refractivity contribution is 0.0449. The molecule has 1 aliphatic rings. The quantitative estimate of drug-likeness (QED) is 0.893. The van der Waals surface area contributed by atoms with Crippen LogP contribution in [0, 0.1) is 0 Å². The lowest BCUT2D eigenvalue weighted by atomic mass is 10.0. The summed E-state index contributed by atoms with van der Waals surface area (Å²) in [5.74, 6) is -0.243. The van der Waals surface area contributed by atoms with Gasteiger partial charge >= 0.3 is 0 Å². The Bertz CT molecular complexity index is 458. The molecule has 0 atom stereocenters. The van der Waals surface area contributed by atoms with Crippen LogP contribution in [-0.4, -0.2) is 23.2 Å². The molecule has 0 heterocycles. The molecule has 2 rings (SSSR count). The van der Waals surface area contributed by atoms with Crippen molar-refractivity contribution < 1.29 is 9.90 Å². The van der Waals surface area contributed by atoms with E-state index in [1.54, 1.807) is 18.2 Å². The van der Waals surface area contributed by atoms with Crippen molar-refractivity contribution in [3.05, 3.63) is 33.3 Å². The van der Waals surface area contributed by atoms with Crippen molar-refractivity contribution in [1.82, 2.24) is 5.32 Å². The van der Waals surface area contributed by atoms with Gasteiger partial charge in [0.1, 0.15) is 0 Å². The maximum absolute atomic E-state index is 12.0. The van der Waals surface area contributed by atoms with Crippen molar-refractivity contribution in [2.24, 2.45) is 0 Å². The SMILES string of the molecule is O=C(NCC1(O)CCCC1)c1ccc(Br)cc1Cl. The van der Waals surface area contributed by atoms with Crippen molar-refractivity contribution in [2.75, 3.05) is 6.54 Å². The largest absolute Gasteiger partial charge is 0.388 e. The number of amides is 1. The molecule has 0 saturated heterocycles. The van der Waals surface area contributed by atoms with Crippen LogP contribution in [0.25, 0.3) is 0 Å². The average Bonchev–Trinajstić information content (AvgIpc) is 2.74. The van der Waals surface area contributed by atoms with Crippen LogP contribution in [0.5, 0.6) is 0 Å². The number of hydrogen-bond donors (Lipinski definition) is 2. The zero-order valence-corrected chi connectivity index (χ0v) is 12.2. The number of hydrogen-bond acceptors (Lipinski definition) is 2. The van der Waals surface area contributed by atoms with E-state index in [-0.39, 0.29) is 12.5 Å². The lowest BCUT2D eigenvalue weighted by Crippen LogP contribution is -2.40. The number of halogens is 2. The van der Waals surface area contributed by atoms with Gasteiger partial charge in [0, 0.05) is 11.0 Å². The Kier molecular flexibility index (Phi) is 4.30. The van der Waals surface area contributed by atoms with Crippen LogP contribution in [-0.2, 0) is 0 Å². The molecule has 5 heteroatoms. The zero-order chi connectivity index (χ0) is 13.2. The first kappa shape index (κ1) is 13.8. The zero-order valence-electron chi connectivity index (χ0n) is 9.88. The number of aliphatic hydroxyl groups is 1. The molecule has 98 valence electrons. The maximum Gasteiger partial charge on any atom is 0.252 e. The topological polar surface area (TPSA) is 49.3 Å². The summed E-state index contributed by atoms with van der Waals surface area (Å²) in [6, 6.07) is 5.12. The molecule has 0 bridgehead atoms. The summed E-state index contributed by atoms with van der Waals surface area (Å²) in [6.45, 7) is 0.290. The Hall–Kier alpha value is -0.580. The summed E-state index contributed by atoms with van der Waals surface area (Å²) in [5, 5.41) is 13.3. The van der Waals surface area contributed by atoms with Crippen LogP contribution in [0.1, 0.15) is 36.0 Å². The van der Waals surface area contributed by atoms with E-state index >= 15 is 0 Å². The number of carbonyl (C=O) groups is 1. The number of benzene rings is 1. The normalized spacial score (nSPS) is 17.7. The van der Waals surface area contributed by atoms with Gasteiger partial charge in [-0.05, 0) is 31.0 Å². The van der Waals surface area contributed by atoms with Gasteiger partial charge in [0.05, 0.1) is 16.2 Å². The Balaban J connectivity index is 1.99. The predicted octanol–water partition coefficient (Wildman–Crippen LogP) is 3.14. The molecule has 0 aromatic heterocycles. The molecule has 0 unspecified atom stereocenters. The van der Waals surface area contributed by atoms with E-state index in [0.29, 0.717) is 10.6 Å². The molecular formula is C13H15BrClNO2. The van der Waals surface area contributed by atoms with Gasteiger partial charge in [-0.3, -0.25) is 4.79 Å². The van der Waals surface area contributed by atoms with Crippen molar-refractivity contribution in [3.63, 3.8) is 0 Å². The summed E-state index contributed by atoms with van der Waals surface area (Å²) in [4.78, 5) is 12.0. The highest BCUT2D eigenvalue weighted by Crippen LogP contribution is 2.29. The molecule has 2 N–H and O–H groups in total. The molecule has 1 aliphatic carbocycles. The molecular weight excluding hydrogens is 318 g/mol. The van der Waals surface area contributed by atoms with E-state index in [0.717, 1.165) is 30.2 Å². The van der Waals surface area contributed by atoms with Crippen LogP contribution in [0.3, 0.4) is 0 Å². The Labute approximate surface area is 120 Å².